The fourth-order valence-electron chi connectivity index (χ4n) is 2.64. The Bertz CT molecular complexity index is 766. The van der Waals surface area contributed by atoms with Crippen molar-refractivity contribution in [1.82, 2.24) is 0 Å². The lowest BCUT2D eigenvalue weighted by atomic mass is 9.94. The van der Waals surface area contributed by atoms with E-state index in [0.29, 0.717) is 6.61 Å². The maximum atomic E-state index is 12.4. The topological polar surface area (TPSA) is 82.1 Å². The second-order valence-corrected chi connectivity index (χ2v) is 8.55. The highest BCUT2D eigenvalue weighted by molar-refractivity contribution is 5.87. The zero-order chi connectivity index (χ0) is 21.0. The molecule has 0 bridgehead atoms. The molecule has 1 aromatic carbocycles. The Hall–Kier alpha value is -2.36. The van der Waals surface area contributed by atoms with Gasteiger partial charge in [-0.25, -0.2) is 4.79 Å². The van der Waals surface area contributed by atoms with Crippen molar-refractivity contribution in [2.45, 2.75) is 71.6 Å². The van der Waals surface area contributed by atoms with Crippen LogP contribution in [0.4, 0.5) is 0 Å². The van der Waals surface area contributed by atoms with E-state index in [9.17, 15) is 14.7 Å². The first-order valence-corrected chi connectivity index (χ1v) is 9.22. The van der Waals surface area contributed by atoms with Crippen molar-refractivity contribution in [3.63, 3.8) is 0 Å². The number of rotatable bonds is 6. The minimum atomic E-state index is -1.60. The predicted octanol–water partition coefficient (Wildman–Crippen LogP) is 3.53. The van der Waals surface area contributed by atoms with E-state index in [1.807, 2.05) is 65.0 Å². The Labute approximate surface area is 166 Å². The first-order chi connectivity index (χ1) is 12.9. The van der Waals surface area contributed by atoms with Crippen molar-refractivity contribution in [3.05, 3.63) is 35.9 Å². The quantitative estimate of drug-likeness (QED) is 0.593. The summed E-state index contributed by atoms with van der Waals surface area (Å²) in [5, 5.41) is 9.25. The average molecular weight is 388 g/mol. The Balaban J connectivity index is 2.10. The summed E-state index contributed by atoms with van der Waals surface area (Å²) in [5.41, 5.74) is -1.82. The predicted molar refractivity (Wildman–Crippen MR) is 103 cm³/mol. The van der Waals surface area contributed by atoms with E-state index in [-0.39, 0.29) is 6.42 Å². The van der Waals surface area contributed by atoms with Crippen molar-refractivity contribution >= 4 is 11.9 Å². The van der Waals surface area contributed by atoms with E-state index in [0.717, 1.165) is 5.56 Å². The number of aliphatic carboxylic acids is 1. The van der Waals surface area contributed by atoms with Crippen molar-refractivity contribution in [3.8, 4) is 11.8 Å². The molecule has 6 nitrogen and oxygen atoms in total. The van der Waals surface area contributed by atoms with Gasteiger partial charge in [0.2, 0.25) is 6.29 Å². The monoisotopic (exact) mass is 388 g/mol. The molecule has 152 valence electrons. The number of esters is 1. The van der Waals surface area contributed by atoms with Gasteiger partial charge in [0, 0.05) is 11.8 Å². The minimum Gasteiger partial charge on any atom is -0.481 e. The van der Waals surface area contributed by atoms with E-state index in [1.165, 1.54) is 0 Å². The van der Waals surface area contributed by atoms with Gasteiger partial charge in [-0.2, -0.15) is 0 Å². The number of carbonyl (C=O) groups is 2. The summed E-state index contributed by atoms with van der Waals surface area (Å²) in [4.78, 5) is 23.8. The maximum Gasteiger partial charge on any atom is 0.342 e. The van der Waals surface area contributed by atoms with Crippen LogP contribution >= 0.6 is 0 Å². The summed E-state index contributed by atoms with van der Waals surface area (Å²) in [6.07, 6.45) is -1.40. The third kappa shape index (κ3) is 5.82. The summed E-state index contributed by atoms with van der Waals surface area (Å²) in [5.74, 6) is 4.03. The van der Waals surface area contributed by atoms with Crippen LogP contribution in [-0.4, -0.2) is 34.5 Å². The third-order valence-electron chi connectivity index (χ3n) is 4.27. The van der Waals surface area contributed by atoms with Gasteiger partial charge < -0.3 is 19.3 Å². The fourth-order valence-corrected chi connectivity index (χ4v) is 2.64. The summed E-state index contributed by atoms with van der Waals surface area (Å²) in [6, 6.07) is 9.71. The highest BCUT2D eigenvalue weighted by Gasteiger charge is 2.54. The molecule has 2 atom stereocenters. The first-order valence-electron chi connectivity index (χ1n) is 9.22. The summed E-state index contributed by atoms with van der Waals surface area (Å²) in [7, 11) is 0. The number of benzene rings is 1. The molecule has 0 aliphatic carbocycles. The molecule has 6 heteroatoms. The van der Waals surface area contributed by atoms with Gasteiger partial charge in [-0.1, -0.05) is 62.9 Å². The van der Waals surface area contributed by atoms with Crippen molar-refractivity contribution in [2.24, 2.45) is 5.41 Å². The average Bonchev–Trinajstić information content (AvgIpc) is 2.90. The molecule has 28 heavy (non-hydrogen) atoms. The van der Waals surface area contributed by atoms with Crippen LogP contribution in [0.5, 0.6) is 0 Å². The number of carbonyl (C=O) groups excluding carboxylic acids is 1. The van der Waals surface area contributed by atoms with Gasteiger partial charge in [0.25, 0.3) is 0 Å². The molecule has 0 saturated carbocycles. The molecular formula is C22H28O6. The highest BCUT2D eigenvalue weighted by atomic mass is 16.8. The van der Waals surface area contributed by atoms with Crippen LogP contribution in [0.15, 0.2) is 30.3 Å². The van der Waals surface area contributed by atoms with Crippen LogP contribution in [0, 0.1) is 17.3 Å². The van der Waals surface area contributed by atoms with Gasteiger partial charge in [0.05, 0.1) is 13.0 Å². The molecule has 0 radical (unpaired) electrons. The molecule has 1 fully saturated rings. The standard InChI is InChI=1S/C22H28O6/c1-20(2,3)19-27-18(25)22(28-19,14-17(23)24)13-9-12-21(4,5)26-15-16-10-7-6-8-11-16/h6-8,10-11,19H,13-15H2,1-5H3,(H,23,24)/t19?,22-/m1/s1. The van der Waals surface area contributed by atoms with E-state index >= 15 is 0 Å². The Morgan fingerprint density at radius 2 is 1.86 bits per heavy atom. The van der Waals surface area contributed by atoms with Gasteiger partial charge in [-0.05, 0) is 19.4 Å². The van der Waals surface area contributed by atoms with Crippen LogP contribution in [0.2, 0.25) is 0 Å². The van der Waals surface area contributed by atoms with Crippen LogP contribution < -0.4 is 0 Å². The third-order valence-corrected chi connectivity index (χ3v) is 4.27. The number of carboxylic acid groups (broad SMARTS) is 1. The van der Waals surface area contributed by atoms with E-state index in [4.69, 9.17) is 14.2 Å². The fraction of sp³-hybridized carbons (Fsp3) is 0.545. The number of hydrogen-bond donors (Lipinski definition) is 1. The Morgan fingerprint density at radius 1 is 1.21 bits per heavy atom. The smallest absolute Gasteiger partial charge is 0.342 e. The number of ether oxygens (including phenoxy) is 3. The van der Waals surface area contributed by atoms with E-state index < -0.39 is 41.3 Å². The van der Waals surface area contributed by atoms with E-state index in [2.05, 4.69) is 11.8 Å². The molecule has 0 aromatic heterocycles. The number of hydrogen-bond acceptors (Lipinski definition) is 5. The SMILES string of the molecule is CC(C)(C#CC[C@]1(CC(=O)O)OC(C(C)(C)C)OC1=O)OCc1ccccc1. The van der Waals surface area contributed by atoms with Crippen LogP contribution in [0.3, 0.4) is 0 Å². The Kier molecular flexibility index (Phi) is 6.53. The van der Waals surface area contributed by atoms with Gasteiger partial charge in [0.1, 0.15) is 5.60 Å². The molecule has 1 aromatic rings. The maximum absolute atomic E-state index is 12.4. The van der Waals surface area contributed by atoms with Crippen LogP contribution in [0.1, 0.15) is 53.0 Å². The molecule has 0 amide bonds. The van der Waals surface area contributed by atoms with Gasteiger partial charge in [-0.15, -0.1) is 0 Å². The molecule has 1 aliphatic heterocycles. The largest absolute Gasteiger partial charge is 0.481 e. The van der Waals surface area contributed by atoms with Crippen molar-refractivity contribution in [2.75, 3.05) is 0 Å². The lowest BCUT2D eigenvalue weighted by molar-refractivity contribution is -0.159. The normalized spacial score (nSPS) is 22.3. The second-order valence-electron chi connectivity index (χ2n) is 8.55. The van der Waals surface area contributed by atoms with Gasteiger partial charge in [-0.3, -0.25) is 4.79 Å². The first kappa shape index (κ1) is 21.9. The summed E-state index contributed by atoms with van der Waals surface area (Å²) in [6.45, 7) is 9.60. The second kappa shape index (κ2) is 8.34. The molecular weight excluding hydrogens is 360 g/mol. The van der Waals surface area contributed by atoms with Crippen LogP contribution in [0.25, 0.3) is 0 Å². The molecule has 0 spiro atoms. The molecule has 1 unspecified atom stereocenters. The number of cyclic esters (lactones) is 1. The zero-order valence-corrected chi connectivity index (χ0v) is 17.1. The van der Waals surface area contributed by atoms with Gasteiger partial charge >= 0.3 is 11.9 Å². The summed E-state index contributed by atoms with van der Waals surface area (Å²) < 4.78 is 16.9. The molecule has 1 saturated heterocycles. The molecule has 1 aliphatic rings. The van der Waals surface area contributed by atoms with Crippen molar-refractivity contribution in [1.29, 1.82) is 0 Å². The lowest BCUT2D eigenvalue weighted by Crippen LogP contribution is -2.39. The minimum absolute atomic E-state index is 0.0805. The van der Waals surface area contributed by atoms with E-state index in [1.54, 1.807) is 0 Å². The summed E-state index contributed by atoms with van der Waals surface area (Å²) >= 11 is 0. The molecule has 1 N–H and O–H groups in total. The molecule has 1 heterocycles. The zero-order valence-electron chi connectivity index (χ0n) is 17.1. The van der Waals surface area contributed by atoms with Crippen LogP contribution in [-0.2, 0) is 30.4 Å². The lowest BCUT2D eigenvalue weighted by Gasteiger charge is -2.26. The molecule has 2 rings (SSSR count). The van der Waals surface area contributed by atoms with Crippen molar-refractivity contribution < 1.29 is 28.9 Å². The van der Waals surface area contributed by atoms with Gasteiger partial charge in [0.15, 0.2) is 5.60 Å². The number of carboxylic acids is 1. The Morgan fingerprint density at radius 3 is 2.39 bits per heavy atom. The highest BCUT2D eigenvalue weighted by Crippen LogP contribution is 2.38.